The van der Waals surface area contributed by atoms with E-state index < -0.39 is 5.54 Å². The predicted molar refractivity (Wildman–Crippen MR) is 76.4 cm³/mol. The smallest absolute Gasteiger partial charge is 0.257 e. The molecule has 7 heteroatoms. The SMILES string of the molecule is CN1CCN(C(=O)c2cc(Cl)ncc2N)C(C)(C)C1=O. The Labute approximate surface area is 122 Å². The summed E-state index contributed by atoms with van der Waals surface area (Å²) in [5.74, 6) is -0.408. The number of piperazine rings is 1. The van der Waals surface area contributed by atoms with Gasteiger partial charge in [-0.05, 0) is 19.9 Å². The van der Waals surface area contributed by atoms with Crippen LogP contribution in [0.3, 0.4) is 0 Å². The number of carbonyl (C=O) groups is 2. The molecule has 1 fully saturated rings. The quantitative estimate of drug-likeness (QED) is 0.784. The lowest BCUT2D eigenvalue weighted by molar-refractivity contribution is -0.144. The number of halogens is 1. The van der Waals surface area contributed by atoms with Gasteiger partial charge in [-0.15, -0.1) is 0 Å². The summed E-state index contributed by atoms with van der Waals surface area (Å²) >= 11 is 5.81. The number of aromatic nitrogens is 1. The van der Waals surface area contributed by atoms with Gasteiger partial charge < -0.3 is 15.5 Å². The molecule has 0 atom stereocenters. The number of rotatable bonds is 1. The highest BCUT2D eigenvalue weighted by Crippen LogP contribution is 2.26. The van der Waals surface area contributed by atoms with Crippen molar-refractivity contribution in [2.45, 2.75) is 19.4 Å². The van der Waals surface area contributed by atoms with Crippen LogP contribution in [-0.4, -0.2) is 52.3 Å². The maximum Gasteiger partial charge on any atom is 0.257 e. The zero-order chi connectivity index (χ0) is 15.1. The number of nitrogens with zero attached hydrogens (tertiary/aromatic N) is 3. The summed E-state index contributed by atoms with van der Waals surface area (Å²) in [6.07, 6.45) is 1.35. The zero-order valence-corrected chi connectivity index (χ0v) is 12.4. The topological polar surface area (TPSA) is 79.5 Å². The monoisotopic (exact) mass is 296 g/mol. The highest BCUT2D eigenvalue weighted by molar-refractivity contribution is 6.29. The first-order valence-corrected chi connectivity index (χ1v) is 6.61. The van der Waals surface area contributed by atoms with Gasteiger partial charge in [0.1, 0.15) is 10.7 Å². The van der Waals surface area contributed by atoms with E-state index >= 15 is 0 Å². The van der Waals surface area contributed by atoms with Crippen LogP contribution in [-0.2, 0) is 4.79 Å². The molecule has 1 aromatic heterocycles. The van der Waals surface area contributed by atoms with E-state index in [4.69, 9.17) is 17.3 Å². The molecule has 0 spiro atoms. The van der Waals surface area contributed by atoms with Crippen LogP contribution in [0.15, 0.2) is 12.3 Å². The van der Waals surface area contributed by atoms with Crippen molar-refractivity contribution in [1.29, 1.82) is 0 Å². The summed E-state index contributed by atoms with van der Waals surface area (Å²) in [5, 5.41) is 0.195. The Hall–Kier alpha value is -1.82. The fourth-order valence-electron chi connectivity index (χ4n) is 2.34. The van der Waals surface area contributed by atoms with Crippen LogP contribution >= 0.6 is 11.6 Å². The Balaban J connectivity index is 2.38. The van der Waals surface area contributed by atoms with Crippen molar-refractivity contribution in [2.75, 3.05) is 25.9 Å². The lowest BCUT2D eigenvalue weighted by atomic mass is 9.96. The fraction of sp³-hybridized carbons (Fsp3) is 0.462. The molecule has 0 radical (unpaired) electrons. The van der Waals surface area contributed by atoms with Crippen LogP contribution in [0.25, 0.3) is 0 Å². The molecule has 108 valence electrons. The number of carbonyl (C=O) groups excluding carboxylic acids is 2. The molecule has 1 aliphatic rings. The summed E-state index contributed by atoms with van der Waals surface area (Å²) in [6, 6.07) is 1.43. The number of anilines is 1. The molecule has 2 heterocycles. The van der Waals surface area contributed by atoms with Crippen molar-refractivity contribution >= 4 is 29.1 Å². The van der Waals surface area contributed by atoms with Gasteiger partial charge in [-0.1, -0.05) is 11.6 Å². The second kappa shape index (κ2) is 4.94. The number of nitrogens with two attached hydrogens (primary N) is 1. The number of nitrogen functional groups attached to an aromatic ring is 1. The Morgan fingerprint density at radius 3 is 2.75 bits per heavy atom. The first-order valence-electron chi connectivity index (χ1n) is 6.23. The Morgan fingerprint density at radius 1 is 1.45 bits per heavy atom. The summed E-state index contributed by atoms with van der Waals surface area (Å²) in [7, 11) is 1.73. The molecule has 2 amide bonds. The molecule has 0 aromatic carbocycles. The largest absolute Gasteiger partial charge is 0.397 e. The molecule has 0 bridgehead atoms. The highest BCUT2D eigenvalue weighted by atomic mass is 35.5. The summed E-state index contributed by atoms with van der Waals surface area (Å²) in [6.45, 7) is 4.39. The number of amides is 2. The Morgan fingerprint density at radius 2 is 2.10 bits per heavy atom. The van der Waals surface area contributed by atoms with E-state index in [1.807, 2.05) is 0 Å². The number of hydrogen-bond donors (Lipinski definition) is 1. The van der Waals surface area contributed by atoms with Crippen LogP contribution in [0.5, 0.6) is 0 Å². The van der Waals surface area contributed by atoms with Gasteiger partial charge in [-0.25, -0.2) is 4.98 Å². The van der Waals surface area contributed by atoms with Gasteiger partial charge in [0, 0.05) is 20.1 Å². The molecule has 0 unspecified atom stereocenters. The maximum atomic E-state index is 12.6. The molecule has 20 heavy (non-hydrogen) atoms. The average molecular weight is 297 g/mol. The van der Waals surface area contributed by atoms with Crippen molar-refractivity contribution < 1.29 is 9.59 Å². The third kappa shape index (κ3) is 2.31. The third-order valence-electron chi connectivity index (χ3n) is 3.58. The summed E-state index contributed by atoms with van der Waals surface area (Å²) < 4.78 is 0. The second-order valence-electron chi connectivity index (χ2n) is 5.34. The van der Waals surface area contributed by atoms with Gasteiger partial charge in [0.15, 0.2) is 0 Å². The standard InChI is InChI=1S/C13H17ClN4O2/c1-13(2)12(20)17(3)4-5-18(13)11(19)8-6-10(14)16-7-9(8)15/h6-7H,4-5,15H2,1-3H3. The van der Waals surface area contributed by atoms with Gasteiger partial charge in [0.25, 0.3) is 5.91 Å². The minimum Gasteiger partial charge on any atom is -0.397 e. The van der Waals surface area contributed by atoms with E-state index in [0.29, 0.717) is 13.1 Å². The van der Waals surface area contributed by atoms with Crippen LogP contribution in [0.1, 0.15) is 24.2 Å². The van der Waals surface area contributed by atoms with E-state index in [1.165, 1.54) is 17.2 Å². The molecule has 0 aliphatic carbocycles. The maximum absolute atomic E-state index is 12.6. The van der Waals surface area contributed by atoms with Gasteiger partial charge in [-0.2, -0.15) is 0 Å². The van der Waals surface area contributed by atoms with Crippen LogP contribution in [0.4, 0.5) is 5.69 Å². The second-order valence-corrected chi connectivity index (χ2v) is 5.72. The number of likely N-dealkylation sites (N-methyl/N-ethyl adjacent to an activating group) is 1. The van der Waals surface area contributed by atoms with Gasteiger partial charge >= 0.3 is 0 Å². The lowest BCUT2D eigenvalue weighted by Gasteiger charge is -2.44. The molecule has 1 saturated heterocycles. The first-order chi connectivity index (χ1) is 9.25. The molecule has 6 nitrogen and oxygen atoms in total. The molecule has 1 aromatic rings. The third-order valence-corrected chi connectivity index (χ3v) is 3.79. The number of pyridine rings is 1. The summed E-state index contributed by atoms with van der Waals surface area (Å²) in [5.41, 5.74) is 5.40. The van der Waals surface area contributed by atoms with E-state index in [-0.39, 0.29) is 28.2 Å². The van der Waals surface area contributed by atoms with Crippen molar-refractivity contribution in [3.8, 4) is 0 Å². The van der Waals surface area contributed by atoms with E-state index in [2.05, 4.69) is 4.98 Å². The molecule has 2 rings (SSSR count). The lowest BCUT2D eigenvalue weighted by Crippen LogP contribution is -2.63. The zero-order valence-electron chi connectivity index (χ0n) is 11.7. The van der Waals surface area contributed by atoms with Crippen molar-refractivity contribution in [1.82, 2.24) is 14.8 Å². The molecular formula is C13H17ClN4O2. The van der Waals surface area contributed by atoms with E-state index in [0.717, 1.165) is 0 Å². The molecule has 2 N–H and O–H groups in total. The number of hydrogen-bond acceptors (Lipinski definition) is 4. The van der Waals surface area contributed by atoms with E-state index in [9.17, 15) is 9.59 Å². The summed E-state index contributed by atoms with van der Waals surface area (Å²) in [4.78, 5) is 31.8. The molecule has 0 saturated carbocycles. The fourth-order valence-corrected chi connectivity index (χ4v) is 2.50. The Kier molecular flexibility index (Phi) is 3.60. The predicted octanol–water partition coefficient (Wildman–Crippen LogP) is 1.01. The van der Waals surface area contributed by atoms with Crippen LogP contribution in [0.2, 0.25) is 5.15 Å². The normalized spacial score (nSPS) is 18.3. The average Bonchev–Trinajstić information content (AvgIpc) is 2.38. The minimum atomic E-state index is -0.910. The van der Waals surface area contributed by atoms with Gasteiger partial charge in [-0.3, -0.25) is 9.59 Å². The molecular weight excluding hydrogens is 280 g/mol. The van der Waals surface area contributed by atoms with Crippen molar-refractivity contribution in [3.05, 3.63) is 23.0 Å². The van der Waals surface area contributed by atoms with Crippen LogP contribution in [0, 0.1) is 0 Å². The first kappa shape index (κ1) is 14.6. The van der Waals surface area contributed by atoms with Gasteiger partial charge in [0.05, 0.1) is 17.4 Å². The van der Waals surface area contributed by atoms with Crippen LogP contribution < -0.4 is 5.73 Å². The Bertz CT molecular complexity index is 573. The molecule has 1 aliphatic heterocycles. The highest BCUT2D eigenvalue weighted by Gasteiger charge is 2.43. The van der Waals surface area contributed by atoms with Gasteiger partial charge in [0.2, 0.25) is 5.91 Å². The van der Waals surface area contributed by atoms with Crippen molar-refractivity contribution in [3.63, 3.8) is 0 Å². The van der Waals surface area contributed by atoms with Crippen molar-refractivity contribution in [2.24, 2.45) is 0 Å². The van der Waals surface area contributed by atoms with E-state index in [1.54, 1.807) is 25.8 Å². The minimum absolute atomic E-state index is 0.101.